The lowest BCUT2D eigenvalue weighted by molar-refractivity contribution is -0.119. The number of anilines is 3. The van der Waals surface area contributed by atoms with Crippen LogP contribution in [-0.2, 0) is 19.6 Å². The standard InChI is InChI=1S/C21H26N4O4S/c22-16-3-9-19(10-4-16)30(27,28)25-11-1-2-20(25)21(26)23-17-5-7-18(8-6-17)24-12-14-29-15-13-24/h3-10,20H,1-2,11-15,22H2,(H,23,26)/t20-/m0/s1. The molecule has 0 aliphatic carbocycles. The number of hydrogen-bond donors (Lipinski definition) is 2. The van der Waals surface area contributed by atoms with Crippen LogP contribution in [-0.4, -0.2) is 57.5 Å². The van der Waals surface area contributed by atoms with E-state index in [9.17, 15) is 13.2 Å². The molecule has 8 nitrogen and oxygen atoms in total. The average Bonchev–Trinajstić information content (AvgIpc) is 3.26. The van der Waals surface area contributed by atoms with Crippen molar-refractivity contribution in [2.75, 3.05) is 48.8 Å². The first kappa shape index (κ1) is 20.6. The topological polar surface area (TPSA) is 105 Å². The van der Waals surface area contributed by atoms with Crippen LogP contribution in [0.5, 0.6) is 0 Å². The van der Waals surface area contributed by atoms with E-state index in [0.717, 1.165) is 18.8 Å². The number of carbonyl (C=O) groups is 1. The van der Waals surface area contributed by atoms with Gasteiger partial charge in [-0.05, 0) is 61.4 Å². The van der Waals surface area contributed by atoms with Gasteiger partial charge in [0.2, 0.25) is 15.9 Å². The Bertz CT molecular complexity index is 987. The summed E-state index contributed by atoms with van der Waals surface area (Å²) >= 11 is 0. The fourth-order valence-corrected chi connectivity index (χ4v) is 5.52. The van der Waals surface area contributed by atoms with Gasteiger partial charge < -0.3 is 20.7 Å². The molecular weight excluding hydrogens is 404 g/mol. The Balaban J connectivity index is 1.45. The van der Waals surface area contributed by atoms with E-state index >= 15 is 0 Å². The number of carbonyl (C=O) groups excluding carboxylic acids is 1. The molecule has 2 saturated heterocycles. The Morgan fingerprint density at radius 1 is 1.00 bits per heavy atom. The molecule has 0 bridgehead atoms. The van der Waals surface area contributed by atoms with Crippen LogP contribution in [0, 0.1) is 0 Å². The lowest BCUT2D eigenvalue weighted by Gasteiger charge is -2.29. The molecule has 0 spiro atoms. The summed E-state index contributed by atoms with van der Waals surface area (Å²) in [4.78, 5) is 15.3. The molecule has 0 saturated carbocycles. The molecule has 160 valence electrons. The van der Waals surface area contributed by atoms with E-state index in [1.54, 1.807) is 12.1 Å². The summed E-state index contributed by atoms with van der Waals surface area (Å²) in [6, 6.07) is 12.9. The molecular formula is C21H26N4O4S. The highest BCUT2D eigenvalue weighted by Gasteiger charge is 2.39. The second-order valence-electron chi connectivity index (χ2n) is 7.48. The summed E-state index contributed by atoms with van der Waals surface area (Å²) in [6.07, 6.45) is 1.13. The summed E-state index contributed by atoms with van der Waals surface area (Å²) < 4.78 is 32.7. The zero-order chi connectivity index (χ0) is 21.1. The van der Waals surface area contributed by atoms with Gasteiger partial charge in [0.25, 0.3) is 0 Å². The van der Waals surface area contributed by atoms with Crippen LogP contribution in [0.2, 0.25) is 0 Å². The van der Waals surface area contributed by atoms with E-state index in [4.69, 9.17) is 10.5 Å². The molecule has 2 aliphatic rings. The quantitative estimate of drug-likeness (QED) is 0.702. The first-order valence-electron chi connectivity index (χ1n) is 10.1. The number of hydrogen-bond acceptors (Lipinski definition) is 6. The van der Waals surface area contributed by atoms with Gasteiger partial charge in [-0.1, -0.05) is 0 Å². The number of amides is 1. The molecule has 2 heterocycles. The minimum Gasteiger partial charge on any atom is -0.399 e. The fourth-order valence-electron chi connectivity index (χ4n) is 3.87. The maximum atomic E-state index is 13.0. The molecule has 2 aromatic rings. The largest absolute Gasteiger partial charge is 0.399 e. The molecule has 0 radical (unpaired) electrons. The third kappa shape index (κ3) is 4.28. The Labute approximate surface area is 176 Å². The molecule has 4 rings (SSSR count). The van der Waals surface area contributed by atoms with E-state index in [-0.39, 0.29) is 10.8 Å². The Hall–Kier alpha value is -2.62. The predicted molar refractivity (Wildman–Crippen MR) is 116 cm³/mol. The first-order chi connectivity index (χ1) is 14.4. The van der Waals surface area contributed by atoms with E-state index in [1.165, 1.54) is 16.4 Å². The van der Waals surface area contributed by atoms with Crippen molar-refractivity contribution < 1.29 is 17.9 Å². The number of morpholine rings is 1. The van der Waals surface area contributed by atoms with E-state index < -0.39 is 16.1 Å². The first-order valence-corrected chi connectivity index (χ1v) is 11.5. The van der Waals surface area contributed by atoms with Gasteiger partial charge >= 0.3 is 0 Å². The maximum absolute atomic E-state index is 13.0. The molecule has 1 atom stereocenters. The summed E-state index contributed by atoms with van der Waals surface area (Å²) in [7, 11) is -3.76. The van der Waals surface area contributed by atoms with Crippen molar-refractivity contribution in [3.63, 3.8) is 0 Å². The minimum absolute atomic E-state index is 0.145. The summed E-state index contributed by atoms with van der Waals surface area (Å²) in [5, 5.41) is 2.87. The monoisotopic (exact) mass is 430 g/mol. The number of nitrogens with one attached hydrogen (secondary N) is 1. The van der Waals surface area contributed by atoms with Crippen LogP contribution >= 0.6 is 0 Å². The fraction of sp³-hybridized carbons (Fsp3) is 0.381. The van der Waals surface area contributed by atoms with Crippen LogP contribution < -0.4 is 16.0 Å². The van der Waals surface area contributed by atoms with Crippen molar-refractivity contribution in [1.29, 1.82) is 0 Å². The van der Waals surface area contributed by atoms with Crippen LogP contribution in [0.3, 0.4) is 0 Å². The van der Waals surface area contributed by atoms with E-state index in [1.807, 2.05) is 24.3 Å². The van der Waals surface area contributed by atoms with Crippen LogP contribution in [0.25, 0.3) is 0 Å². The van der Waals surface area contributed by atoms with Gasteiger partial charge in [0, 0.05) is 36.7 Å². The van der Waals surface area contributed by atoms with Crippen molar-refractivity contribution in [1.82, 2.24) is 4.31 Å². The number of benzene rings is 2. The normalized spacial score (nSPS) is 20.3. The average molecular weight is 431 g/mol. The lowest BCUT2D eigenvalue weighted by atomic mass is 10.2. The number of nitrogen functional groups attached to an aromatic ring is 1. The summed E-state index contributed by atoms with van der Waals surface area (Å²) in [5.74, 6) is -0.314. The van der Waals surface area contributed by atoms with Crippen molar-refractivity contribution in [2.24, 2.45) is 0 Å². The minimum atomic E-state index is -3.76. The highest BCUT2D eigenvalue weighted by Crippen LogP contribution is 2.28. The van der Waals surface area contributed by atoms with Gasteiger partial charge in [-0.2, -0.15) is 4.31 Å². The SMILES string of the molecule is Nc1ccc(S(=O)(=O)N2CCC[C@H]2C(=O)Nc2ccc(N3CCOCC3)cc2)cc1. The van der Waals surface area contributed by atoms with Gasteiger partial charge in [-0.3, -0.25) is 4.79 Å². The van der Waals surface area contributed by atoms with Crippen LogP contribution in [0.4, 0.5) is 17.1 Å². The van der Waals surface area contributed by atoms with Crippen molar-refractivity contribution in [2.45, 2.75) is 23.8 Å². The second kappa shape index (κ2) is 8.63. The molecule has 1 amide bonds. The number of ether oxygens (including phenoxy) is 1. The molecule has 30 heavy (non-hydrogen) atoms. The van der Waals surface area contributed by atoms with Gasteiger partial charge in [0.1, 0.15) is 6.04 Å². The molecule has 2 aliphatic heterocycles. The Morgan fingerprint density at radius 2 is 1.67 bits per heavy atom. The van der Waals surface area contributed by atoms with Crippen molar-refractivity contribution in [3.8, 4) is 0 Å². The van der Waals surface area contributed by atoms with E-state index in [2.05, 4.69) is 10.2 Å². The third-order valence-electron chi connectivity index (χ3n) is 5.50. The van der Waals surface area contributed by atoms with Crippen LogP contribution in [0.15, 0.2) is 53.4 Å². The number of nitrogens with two attached hydrogens (primary N) is 1. The molecule has 3 N–H and O–H groups in total. The van der Waals surface area contributed by atoms with Gasteiger partial charge in [-0.15, -0.1) is 0 Å². The number of nitrogens with zero attached hydrogens (tertiary/aromatic N) is 2. The van der Waals surface area contributed by atoms with Gasteiger partial charge in [0.15, 0.2) is 0 Å². The number of rotatable bonds is 5. The predicted octanol–water partition coefficient (Wildman–Crippen LogP) is 1.90. The van der Waals surface area contributed by atoms with Gasteiger partial charge in [-0.25, -0.2) is 8.42 Å². The lowest BCUT2D eigenvalue weighted by Crippen LogP contribution is -2.43. The smallest absolute Gasteiger partial charge is 0.243 e. The van der Waals surface area contributed by atoms with E-state index in [0.29, 0.717) is 44.0 Å². The van der Waals surface area contributed by atoms with Crippen molar-refractivity contribution >= 4 is 33.0 Å². The maximum Gasteiger partial charge on any atom is 0.243 e. The molecule has 2 aromatic carbocycles. The third-order valence-corrected chi connectivity index (χ3v) is 7.43. The van der Waals surface area contributed by atoms with Crippen molar-refractivity contribution in [3.05, 3.63) is 48.5 Å². The number of sulfonamides is 1. The molecule has 0 unspecified atom stereocenters. The zero-order valence-corrected chi connectivity index (χ0v) is 17.5. The Morgan fingerprint density at radius 3 is 2.33 bits per heavy atom. The second-order valence-corrected chi connectivity index (χ2v) is 9.37. The Kier molecular flexibility index (Phi) is 5.94. The highest BCUT2D eigenvalue weighted by molar-refractivity contribution is 7.89. The summed E-state index contributed by atoms with van der Waals surface area (Å²) in [6.45, 7) is 3.41. The molecule has 9 heteroatoms. The highest BCUT2D eigenvalue weighted by atomic mass is 32.2. The summed E-state index contributed by atoms with van der Waals surface area (Å²) in [5.41, 5.74) is 7.87. The van der Waals surface area contributed by atoms with Crippen LogP contribution in [0.1, 0.15) is 12.8 Å². The molecule has 0 aromatic heterocycles. The zero-order valence-electron chi connectivity index (χ0n) is 16.7. The molecule has 2 fully saturated rings. The van der Waals surface area contributed by atoms with Gasteiger partial charge in [0.05, 0.1) is 18.1 Å².